The second-order valence-corrected chi connectivity index (χ2v) is 8.13. The van der Waals surface area contributed by atoms with Crippen LogP contribution >= 0.6 is 0 Å². The summed E-state index contributed by atoms with van der Waals surface area (Å²) in [5.41, 5.74) is 28.4. The van der Waals surface area contributed by atoms with Crippen LogP contribution in [0.4, 0.5) is 0 Å². The number of carboxylic acid groups (broad SMARTS) is 2. The number of aliphatic imine (C=N–C) groups is 2. The van der Waals surface area contributed by atoms with Crippen LogP contribution in [0.1, 0.15) is 64.2 Å². The van der Waals surface area contributed by atoms with Gasteiger partial charge in [0.05, 0.1) is 0 Å². The van der Waals surface area contributed by atoms with E-state index in [-0.39, 0.29) is 63.5 Å². The third-order valence-corrected chi connectivity index (χ3v) is 5.36. The molecule has 0 aliphatic heterocycles. The molecule has 0 bridgehead atoms. The van der Waals surface area contributed by atoms with Crippen LogP contribution < -0.4 is 34.4 Å². The molecule has 2 unspecified atom stereocenters. The number of hydrogen-bond acceptors (Lipinski definition) is 8. The van der Waals surface area contributed by atoms with Gasteiger partial charge in [-0.15, -0.1) is 0 Å². The highest BCUT2D eigenvalue weighted by Crippen LogP contribution is 2.19. The van der Waals surface area contributed by atoms with Crippen LogP contribution in [-0.4, -0.2) is 69.8 Å². The standard InChI is InChI=1S/C20H38N8O6/c21-17(22)27-11-5-9-19(25,15(31)32)13(29)7-3-1-2-4-8-14(30)20(26,16(33)34)10-6-12-28-18(23)24/h1-12,25-26H2,(H,31,32)(H,33,34)(H4,21,22,27)(H4,23,24,28). The minimum atomic E-state index is -2.02. The summed E-state index contributed by atoms with van der Waals surface area (Å²) >= 11 is 0. The molecule has 14 heteroatoms. The van der Waals surface area contributed by atoms with E-state index in [0.717, 1.165) is 0 Å². The van der Waals surface area contributed by atoms with Crippen LogP contribution in [0.25, 0.3) is 0 Å². The molecular formula is C20H38N8O6. The second-order valence-electron chi connectivity index (χ2n) is 8.13. The third kappa shape index (κ3) is 10.6. The van der Waals surface area contributed by atoms with Crippen LogP contribution in [-0.2, 0) is 19.2 Å². The fourth-order valence-electron chi connectivity index (χ4n) is 3.23. The van der Waals surface area contributed by atoms with Crippen LogP contribution in [0.5, 0.6) is 0 Å². The van der Waals surface area contributed by atoms with Crippen molar-refractivity contribution < 1.29 is 29.4 Å². The van der Waals surface area contributed by atoms with Gasteiger partial charge in [0.25, 0.3) is 0 Å². The van der Waals surface area contributed by atoms with Gasteiger partial charge in [0.1, 0.15) is 0 Å². The van der Waals surface area contributed by atoms with E-state index in [1.165, 1.54) is 0 Å². The van der Waals surface area contributed by atoms with Gasteiger partial charge in [-0.05, 0) is 38.5 Å². The van der Waals surface area contributed by atoms with E-state index < -0.39 is 34.6 Å². The summed E-state index contributed by atoms with van der Waals surface area (Å²) in [5.74, 6) is -4.31. The molecular weight excluding hydrogens is 448 g/mol. The van der Waals surface area contributed by atoms with Gasteiger partial charge in [-0.25, -0.2) is 9.59 Å². The first kappa shape index (κ1) is 30.7. The first-order valence-electron chi connectivity index (χ1n) is 11.0. The smallest absolute Gasteiger partial charge is 0.331 e. The Morgan fingerprint density at radius 1 is 0.588 bits per heavy atom. The molecule has 194 valence electrons. The Morgan fingerprint density at radius 2 is 0.912 bits per heavy atom. The van der Waals surface area contributed by atoms with Crippen molar-refractivity contribution in [2.24, 2.45) is 44.4 Å². The first-order valence-corrected chi connectivity index (χ1v) is 11.0. The Labute approximate surface area is 198 Å². The maximum Gasteiger partial charge on any atom is 0.331 e. The van der Waals surface area contributed by atoms with Crippen LogP contribution in [0, 0.1) is 0 Å². The minimum Gasteiger partial charge on any atom is -0.480 e. The van der Waals surface area contributed by atoms with E-state index in [0.29, 0.717) is 25.7 Å². The monoisotopic (exact) mass is 486 g/mol. The van der Waals surface area contributed by atoms with Crippen LogP contribution in [0.3, 0.4) is 0 Å². The molecule has 14 N–H and O–H groups in total. The number of carbonyl (C=O) groups is 4. The van der Waals surface area contributed by atoms with Crippen molar-refractivity contribution in [3.8, 4) is 0 Å². The maximum atomic E-state index is 12.4. The molecule has 2 atom stereocenters. The largest absolute Gasteiger partial charge is 0.480 e. The average Bonchev–Trinajstić information content (AvgIpc) is 2.75. The molecule has 0 saturated heterocycles. The minimum absolute atomic E-state index is 0.0419. The summed E-state index contributed by atoms with van der Waals surface area (Å²) in [5, 5.41) is 18.8. The van der Waals surface area contributed by atoms with Gasteiger partial charge in [-0.1, -0.05) is 12.8 Å². The molecule has 0 radical (unpaired) electrons. The van der Waals surface area contributed by atoms with E-state index >= 15 is 0 Å². The highest BCUT2D eigenvalue weighted by atomic mass is 16.4. The van der Waals surface area contributed by atoms with Gasteiger partial charge in [-0.2, -0.15) is 0 Å². The lowest BCUT2D eigenvalue weighted by Crippen LogP contribution is -2.55. The Balaban J connectivity index is 4.51. The Kier molecular flexibility index (Phi) is 13.4. The van der Waals surface area contributed by atoms with Gasteiger partial charge in [0, 0.05) is 25.9 Å². The number of guanidine groups is 2. The molecule has 0 amide bonds. The highest BCUT2D eigenvalue weighted by molar-refractivity contribution is 6.08. The number of ketones is 2. The van der Waals surface area contributed by atoms with E-state index in [4.69, 9.17) is 34.4 Å². The zero-order chi connectivity index (χ0) is 26.4. The van der Waals surface area contributed by atoms with Gasteiger partial charge < -0.3 is 44.6 Å². The highest BCUT2D eigenvalue weighted by Gasteiger charge is 2.41. The van der Waals surface area contributed by atoms with E-state index in [9.17, 15) is 29.4 Å². The van der Waals surface area contributed by atoms with Crippen LogP contribution in [0.15, 0.2) is 9.98 Å². The van der Waals surface area contributed by atoms with Gasteiger partial charge >= 0.3 is 11.9 Å². The number of carbonyl (C=O) groups excluding carboxylic acids is 2. The lowest BCUT2D eigenvalue weighted by Gasteiger charge is -2.23. The quantitative estimate of drug-likeness (QED) is 0.0431. The van der Waals surface area contributed by atoms with E-state index in [1.807, 2.05) is 0 Å². The number of Topliss-reactive ketones (excluding diaryl/α,β-unsaturated/α-hetero) is 2. The molecule has 0 rings (SSSR count). The average molecular weight is 487 g/mol. The van der Waals surface area contributed by atoms with Crippen molar-refractivity contribution in [2.45, 2.75) is 75.3 Å². The number of unbranched alkanes of at least 4 members (excludes halogenated alkanes) is 3. The molecule has 0 spiro atoms. The van der Waals surface area contributed by atoms with Crippen molar-refractivity contribution in [2.75, 3.05) is 13.1 Å². The second kappa shape index (κ2) is 14.8. The third-order valence-electron chi connectivity index (χ3n) is 5.36. The molecule has 14 nitrogen and oxygen atoms in total. The summed E-state index contributed by atoms with van der Waals surface area (Å²) in [4.78, 5) is 55.3. The number of nitrogens with zero attached hydrogens (tertiary/aromatic N) is 2. The molecule has 0 aromatic carbocycles. The number of hydrogen-bond donors (Lipinski definition) is 8. The molecule has 0 saturated carbocycles. The van der Waals surface area contributed by atoms with Crippen LogP contribution in [0.2, 0.25) is 0 Å². The fourth-order valence-corrected chi connectivity index (χ4v) is 3.23. The lowest BCUT2D eigenvalue weighted by molar-refractivity contribution is -0.150. The molecule has 0 aliphatic rings. The van der Waals surface area contributed by atoms with E-state index in [2.05, 4.69) is 9.98 Å². The zero-order valence-corrected chi connectivity index (χ0v) is 19.4. The number of nitrogens with two attached hydrogens (primary N) is 6. The maximum absolute atomic E-state index is 12.4. The first-order chi connectivity index (χ1) is 15.8. The Morgan fingerprint density at radius 3 is 1.18 bits per heavy atom. The van der Waals surface area contributed by atoms with Crippen molar-refractivity contribution in [1.29, 1.82) is 0 Å². The summed E-state index contributed by atoms with van der Waals surface area (Å²) < 4.78 is 0. The molecule has 0 heterocycles. The van der Waals surface area contributed by atoms with Gasteiger partial charge in [0.2, 0.25) is 0 Å². The Hall–Kier alpha value is -3.26. The number of carboxylic acids is 2. The van der Waals surface area contributed by atoms with Gasteiger partial charge in [0.15, 0.2) is 34.6 Å². The molecule has 0 fully saturated rings. The molecule has 34 heavy (non-hydrogen) atoms. The molecule has 0 aromatic heterocycles. The fraction of sp³-hybridized carbons (Fsp3) is 0.700. The zero-order valence-electron chi connectivity index (χ0n) is 19.4. The molecule has 0 aliphatic carbocycles. The van der Waals surface area contributed by atoms with Crippen molar-refractivity contribution in [3.05, 3.63) is 0 Å². The normalized spacial score (nSPS) is 14.3. The summed E-state index contributed by atoms with van der Waals surface area (Å²) in [7, 11) is 0. The summed E-state index contributed by atoms with van der Waals surface area (Å²) in [6, 6.07) is 0. The summed E-state index contributed by atoms with van der Waals surface area (Å²) in [6.07, 6.45) is 1.95. The number of aliphatic carboxylic acids is 2. The predicted molar refractivity (Wildman–Crippen MR) is 127 cm³/mol. The van der Waals surface area contributed by atoms with Crippen molar-refractivity contribution >= 4 is 35.4 Å². The topological polar surface area (TPSA) is 290 Å². The Bertz CT molecular complexity index is 715. The van der Waals surface area contributed by atoms with Gasteiger partial charge in [-0.3, -0.25) is 19.6 Å². The SMILES string of the molecule is NC(N)=NCCCC(N)(C(=O)O)C(=O)CCCCCCC(=O)C(N)(CCCN=C(N)N)C(=O)O. The molecule has 0 aromatic rings. The predicted octanol–water partition coefficient (Wildman–Crippen LogP) is -1.86. The number of rotatable bonds is 19. The van der Waals surface area contributed by atoms with E-state index in [1.54, 1.807) is 0 Å². The lowest BCUT2D eigenvalue weighted by atomic mass is 9.86. The van der Waals surface area contributed by atoms with Crippen molar-refractivity contribution in [3.63, 3.8) is 0 Å². The van der Waals surface area contributed by atoms with Crippen molar-refractivity contribution in [1.82, 2.24) is 0 Å². The summed E-state index contributed by atoms with van der Waals surface area (Å²) in [6.45, 7) is 0.312.